The van der Waals surface area contributed by atoms with E-state index in [0.29, 0.717) is 11.7 Å². The molecule has 0 unspecified atom stereocenters. The molecule has 0 saturated heterocycles. The van der Waals surface area contributed by atoms with Crippen LogP contribution in [0.25, 0.3) is 11.0 Å². The van der Waals surface area contributed by atoms with E-state index in [1.807, 2.05) is 54.1 Å². The lowest BCUT2D eigenvalue weighted by atomic mass is 10.2. The van der Waals surface area contributed by atoms with Gasteiger partial charge in [-0.15, -0.1) is 0 Å². The van der Waals surface area contributed by atoms with Crippen LogP contribution < -0.4 is 5.01 Å². The van der Waals surface area contributed by atoms with E-state index in [1.165, 1.54) is 5.01 Å². The average molecular weight is 291 g/mol. The molecule has 1 aromatic carbocycles. The van der Waals surface area contributed by atoms with Crippen molar-refractivity contribution in [2.45, 2.75) is 6.42 Å². The Labute approximate surface area is 126 Å². The summed E-state index contributed by atoms with van der Waals surface area (Å²) in [5, 5.41) is 5.79. The van der Waals surface area contributed by atoms with Crippen molar-refractivity contribution in [1.29, 1.82) is 0 Å². The maximum atomic E-state index is 12.3. The molecule has 0 radical (unpaired) electrons. The van der Waals surface area contributed by atoms with Crippen LogP contribution in [0.2, 0.25) is 0 Å². The van der Waals surface area contributed by atoms with Crippen LogP contribution in [0.3, 0.4) is 0 Å². The molecule has 0 N–H and O–H groups in total. The van der Waals surface area contributed by atoms with Gasteiger partial charge in [0.2, 0.25) is 5.95 Å². The zero-order valence-corrected chi connectivity index (χ0v) is 12.0. The number of hydrogen-bond donors (Lipinski definition) is 0. The van der Waals surface area contributed by atoms with Crippen LogP contribution in [0.15, 0.2) is 53.8 Å². The van der Waals surface area contributed by atoms with Crippen molar-refractivity contribution in [2.75, 3.05) is 5.01 Å². The molecule has 0 bridgehead atoms. The third-order valence-corrected chi connectivity index (χ3v) is 3.69. The molecule has 1 amide bonds. The first-order valence-corrected chi connectivity index (χ1v) is 6.97. The molecule has 3 aromatic rings. The van der Waals surface area contributed by atoms with E-state index in [1.54, 1.807) is 6.20 Å². The van der Waals surface area contributed by atoms with Crippen molar-refractivity contribution in [3.63, 3.8) is 0 Å². The molecule has 0 saturated carbocycles. The Kier molecular flexibility index (Phi) is 2.75. The van der Waals surface area contributed by atoms with E-state index < -0.39 is 0 Å². The van der Waals surface area contributed by atoms with Crippen LogP contribution in [0.5, 0.6) is 0 Å². The first-order chi connectivity index (χ1) is 10.7. The van der Waals surface area contributed by atoms with Gasteiger partial charge in [-0.05, 0) is 24.3 Å². The van der Waals surface area contributed by atoms with Gasteiger partial charge in [-0.2, -0.15) is 10.1 Å². The van der Waals surface area contributed by atoms with Crippen molar-refractivity contribution in [1.82, 2.24) is 14.5 Å². The highest BCUT2D eigenvalue weighted by Crippen LogP contribution is 2.25. The van der Waals surface area contributed by atoms with Gasteiger partial charge in [-0.25, -0.2) is 4.98 Å². The van der Waals surface area contributed by atoms with E-state index in [-0.39, 0.29) is 12.3 Å². The number of amides is 1. The van der Waals surface area contributed by atoms with Crippen molar-refractivity contribution in [3.05, 3.63) is 54.4 Å². The van der Waals surface area contributed by atoms with Gasteiger partial charge in [0.1, 0.15) is 0 Å². The third-order valence-electron chi connectivity index (χ3n) is 3.69. The molecule has 1 aliphatic heterocycles. The number of benzene rings is 1. The van der Waals surface area contributed by atoms with Gasteiger partial charge in [-0.1, -0.05) is 18.2 Å². The minimum atomic E-state index is -0.0981. The number of carbonyl (C=O) groups excluding carboxylic acids is 1. The summed E-state index contributed by atoms with van der Waals surface area (Å²) in [5.74, 6) is 0.427. The molecular formula is C16H13N5O. The zero-order chi connectivity index (χ0) is 15.1. The second-order valence-electron chi connectivity index (χ2n) is 5.10. The van der Waals surface area contributed by atoms with E-state index >= 15 is 0 Å². The summed E-state index contributed by atoms with van der Waals surface area (Å²) in [6.07, 6.45) is 1.93. The molecule has 3 heterocycles. The Morgan fingerprint density at radius 2 is 1.91 bits per heavy atom. The first-order valence-electron chi connectivity index (χ1n) is 6.97. The summed E-state index contributed by atoms with van der Waals surface area (Å²) >= 11 is 0. The van der Waals surface area contributed by atoms with Crippen LogP contribution in [0.1, 0.15) is 12.1 Å². The number of hydrogen-bond acceptors (Lipinski definition) is 4. The van der Waals surface area contributed by atoms with Crippen LogP contribution >= 0.6 is 0 Å². The van der Waals surface area contributed by atoms with E-state index in [0.717, 1.165) is 16.7 Å². The number of aryl methyl sites for hydroxylation is 1. The molecule has 0 spiro atoms. The molecule has 0 fully saturated rings. The number of pyridine rings is 1. The van der Waals surface area contributed by atoms with E-state index in [4.69, 9.17) is 0 Å². The van der Waals surface area contributed by atoms with Gasteiger partial charge in [0.05, 0.1) is 28.9 Å². The minimum absolute atomic E-state index is 0.0981. The summed E-state index contributed by atoms with van der Waals surface area (Å²) in [5.41, 5.74) is 3.19. The molecule has 6 heteroatoms. The quantitative estimate of drug-likeness (QED) is 0.726. The average Bonchev–Trinajstić information content (AvgIpc) is 3.09. The largest absolute Gasteiger partial charge is 0.311 e. The van der Waals surface area contributed by atoms with Gasteiger partial charge >= 0.3 is 0 Å². The fourth-order valence-electron chi connectivity index (χ4n) is 2.58. The number of para-hydroxylation sites is 2. The van der Waals surface area contributed by atoms with Crippen LogP contribution in [0, 0.1) is 0 Å². The van der Waals surface area contributed by atoms with Crippen LogP contribution in [-0.4, -0.2) is 26.2 Å². The number of imidazole rings is 1. The second-order valence-corrected chi connectivity index (χ2v) is 5.10. The van der Waals surface area contributed by atoms with Crippen molar-refractivity contribution in [3.8, 4) is 0 Å². The fraction of sp³-hybridized carbons (Fsp3) is 0.125. The van der Waals surface area contributed by atoms with Gasteiger partial charge in [0, 0.05) is 13.2 Å². The fourth-order valence-corrected chi connectivity index (χ4v) is 2.58. The molecule has 4 rings (SSSR count). The van der Waals surface area contributed by atoms with Crippen LogP contribution in [0.4, 0.5) is 5.95 Å². The standard InChI is InChI=1S/C16H13N5O/c1-20-14-8-3-2-7-12(14)18-16(20)21-15(22)10-13(19-21)11-6-4-5-9-17-11/h2-9H,10H2,1H3. The normalized spacial score (nSPS) is 14.7. The molecular weight excluding hydrogens is 278 g/mol. The monoisotopic (exact) mass is 291 g/mol. The minimum Gasteiger partial charge on any atom is -0.311 e. The third kappa shape index (κ3) is 1.88. The van der Waals surface area contributed by atoms with Crippen LogP contribution in [-0.2, 0) is 11.8 Å². The number of carbonyl (C=O) groups is 1. The number of fused-ring (bicyclic) bond motifs is 1. The van der Waals surface area contributed by atoms with Crippen molar-refractivity contribution < 1.29 is 4.79 Å². The molecule has 108 valence electrons. The first kappa shape index (κ1) is 12.7. The number of rotatable bonds is 2. The maximum absolute atomic E-state index is 12.3. The van der Waals surface area contributed by atoms with E-state index in [9.17, 15) is 4.79 Å². The number of aromatic nitrogens is 3. The van der Waals surface area contributed by atoms with Crippen molar-refractivity contribution >= 4 is 28.6 Å². The van der Waals surface area contributed by atoms with Gasteiger partial charge in [0.15, 0.2) is 0 Å². The predicted octanol–water partition coefficient (Wildman–Crippen LogP) is 2.11. The summed E-state index contributed by atoms with van der Waals surface area (Å²) in [6, 6.07) is 13.3. The zero-order valence-electron chi connectivity index (χ0n) is 12.0. The second kappa shape index (κ2) is 4.77. The van der Waals surface area contributed by atoms with Gasteiger partial charge in [-0.3, -0.25) is 9.78 Å². The maximum Gasteiger partial charge on any atom is 0.256 e. The predicted molar refractivity (Wildman–Crippen MR) is 83.6 cm³/mol. The summed E-state index contributed by atoms with van der Waals surface area (Å²) < 4.78 is 1.87. The Morgan fingerprint density at radius 3 is 2.68 bits per heavy atom. The molecule has 2 aromatic heterocycles. The highest BCUT2D eigenvalue weighted by molar-refractivity contribution is 6.18. The molecule has 1 aliphatic rings. The molecule has 22 heavy (non-hydrogen) atoms. The Bertz CT molecular complexity index is 897. The summed E-state index contributed by atoms with van der Waals surface area (Å²) in [4.78, 5) is 21.1. The lowest BCUT2D eigenvalue weighted by Gasteiger charge is -2.10. The lowest BCUT2D eigenvalue weighted by Crippen LogP contribution is -2.22. The number of hydrazone groups is 1. The summed E-state index contributed by atoms with van der Waals surface area (Å²) in [6.45, 7) is 0. The Balaban J connectivity index is 1.80. The number of anilines is 1. The molecule has 0 atom stereocenters. The molecule has 6 nitrogen and oxygen atoms in total. The number of nitrogens with zero attached hydrogens (tertiary/aromatic N) is 5. The lowest BCUT2D eigenvalue weighted by molar-refractivity contribution is -0.117. The Morgan fingerprint density at radius 1 is 1.09 bits per heavy atom. The smallest absolute Gasteiger partial charge is 0.256 e. The SMILES string of the molecule is Cn1c(N2N=C(c3ccccn3)CC2=O)nc2ccccc21. The highest BCUT2D eigenvalue weighted by Gasteiger charge is 2.29. The van der Waals surface area contributed by atoms with Gasteiger partial charge in [0.25, 0.3) is 5.91 Å². The molecule has 0 aliphatic carbocycles. The topological polar surface area (TPSA) is 63.4 Å². The van der Waals surface area contributed by atoms with E-state index in [2.05, 4.69) is 15.1 Å². The van der Waals surface area contributed by atoms with Gasteiger partial charge < -0.3 is 4.57 Å². The summed E-state index contributed by atoms with van der Waals surface area (Å²) in [7, 11) is 1.88. The highest BCUT2D eigenvalue weighted by atomic mass is 16.2. The Hall–Kier alpha value is -3.02. The van der Waals surface area contributed by atoms with Crippen molar-refractivity contribution in [2.24, 2.45) is 12.1 Å².